The number of hydrogen-bond donors (Lipinski definition) is 3. The van der Waals surface area contributed by atoms with Crippen LogP contribution in [0.15, 0.2) is 72.8 Å². The van der Waals surface area contributed by atoms with Gasteiger partial charge < -0.3 is 15.3 Å². The SMILES string of the molecule is Cc1cccc(N2C(=O)[C@@](c3cc(C)c(O)c(C)c3)(c3ccc(O)c(C)c3O)c3ccccc32)c1. The average molecular weight is 466 g/mol. The molecule has 0 spiro atoms. The number of nitrogens with zero attached hydrogens (tertiary/aromatic N) is 1. The number of phenolic OH excluding ortho intramolecular Hbond substituents is 3. The number of aryl methyl sites for hydroxylation is 3. The van der Waals surface area contributed by atoms with Gasteiger partial charge in [0.25, 0.3) is 5.91 Å². The van der Waals surface area contributed by atoms with Gasteiger partial charge in [-0.3, -0.25) is 9.69 Å². The zero-order valence-electron chi connectivity index (χ0n) is 20.1. The number of hydrogen-bond acceptors (Lipinski definition) is 4. The molecule has 176 valence electrons. The van der Waals surface area contributed by atoms with E-state index in [1.165, 1.54) is 6.07 Å². The van der Waals surface area contributed by atoms with Crippen molar-refractivity contribution in [3.8, 4) is 17.2 Å². The van der Waals surface area contributed by atoms with Crippen LogP contribution in [0.2, 0.25) is 0 Å². The molecule has 0 fully saturated rings. The summed E-state index contributed by atoms with van der Waals surface area (Å²) >= 11 is 0. The Morgan fingerprint density at radius 3 is 2.09 bits per heavy atom. The van der Waals surface area contributed by atoms with Gasteiger partial charge in [0.1, 0.15) is 22.7 Å². The van der Waals surface area contributed by atoms with Crippen molar-refractivity contribution in [3.63, 3.8) is 0 Å². The van der Waals surface area contributed by atoms with Gasteiger partial charge in [0.2, 0.25) is 0 Å². The number of rotatable bonds is 3. The molecular weight excluding hydrogens is 438 g/mol. The highest BCUT2D eigenvalue weighted by atomic mass is 16.3. The Bertz CT molecular complexity index is 1480. The maximum atomic E-state index is 14.7. The second-order valence-electron chi connectivity index (χ2n) is 9.31. The summed E-state index contributed by atoms with van der Waals surface area (Å²) in [6.07, 6.45) is 0. The molecule has 5 heteroatoms. The molecule has 5 nitrogen and oxygen atoms in total. The van der Waals surface area contributed by atoms with Crippen molar-refractivity contribution in [2.24, 2.45) is 0 Å². The third-order valence-corrected chi connectivity index (χ3v) is 7.06. The Kier molecular flexibility index (Phi) is 5.09. The first-order valence-electron chi connectivity index (χ1n) is 11.5. The van der Waals surface area contributed by atoms with E-state index in [0.717, 1.165) is 22.5 Å². The molecule has 0 saturated carbocycles. The summed E-state index contributed by atoms with van der Waals surface area (Å²) in [4.78, 5) is 16.4. The van der Waals surface area contributed by atoms with Gasteiger partial charge in [-0.05, 0) is 80.3 Å². The van der Waals surface area contributed by atoms with E-state index in [4.69, 9.17) is 0 Å². The van der Waals surface area contributed by atoms with E-state index >= 15 is 0 Å². The van der Waals surface area contributed by atoms with Crippen LogP contribution in [0.1, 0.15) is 38.9 Å². The van der Waals surface area contributed by atoms with Crippen LogP contribution in [-0.2, 0) is 10.2 Å². The molecule has 0 saturated heterocycles. The van der Waals surface area contributed by atoms with Crippen molar-refractivity contribution in [1.82, 2.24) is 0 Å². The highest BCUT2D eigenvalue weighted by Crippen LogP contribution is 2.56. The number of aromatic hydroxyl groups is 3. The first-order chi connectivity index (χ1) is 16.7. The third kappa shape index (κ3) is 3.12. The van der Waals surface area contributed by atoms with Gasteiger partial charge in [0.15, 0.2) is 0 Å². The number of para-hydroxylation sites is 1. The zero-order valence-corrected chi connectivity index (χ0v) is 20.1. The lowest BCUT2D eigenvalue weighted by Gasteiger charge is -2.32. The number of carbonyl (C=O) groups excluding carboxylic acids is 1. The first kappa shape index (κ1) is 22.5. The molecule has 0 bridgehead atoms. The molecule has 0 aliphatic carbocycles. The minimum Gasteiger partial charge on any atom is -0.508 e. The highest BCUT2D eigenvalue weighted by molar-refractivity contribution is 6.17. The predicted molar refractivity (Wildman–Crippen MR) is 137 cm³/mol. The molecule has 0 unspecified atom stereocenters. The molecule has 1 aliphatic heterocycles. The lowest BCUT2D eigenvalue weighted by molar-refractivity contribution is -0.120. The van der Waals surface area contributed by atoms with E-state index < -0.39 is 5.41 Å². The summed E-state index contributed by atoms with van der Waals surface area (Å²) < 4.78 is 0. The van der Waals surface area contributed by atoms with Gasteiger partial charge in [-0.1, -0.05) is 42.5 Å². The van der Waals surface area contributed by atoms with E-state index in [9.17, 15) is 20.1 Å². The minimum absolute atomic E-state index is 0.0475. The number of benzene rings is 4. The van der Waals surface area contributed by atoms with E-state index in [2.05, 4.69) is 0 Å². The van der Waals surface area contributed by atoms with E-state index in [1.807, 2.05) is 55.5 Å². The van der Waals surface area contributed by atoms with Crippen LogP contribution in [0.5, 0.6) is 17.2 Å². The standard InChI is InChI=1S/C30H27NO4/c1-17-8-7-9-22(14-17)31-25-11-6-5-10-23(25)30(29(31)35,21-15-18(2)27(33)19(3)16-21)24-12-13-26(32)20(4)28(24)34/h5-16,32-34H,1-4H3/t30-/m1/s1. The Balaban J connectivity index is 1.94. The molecule has 3 N–H and O–H groups in total. The molecule has 35 heavy (non-hydrogen) atoms. The molecule has 1 aliphatic rings. The van der Waals surface area contributed by atoms with Crippen LogP contribution in [0.25, 0.3) is 0 Å². The van der Waals surface area contributed by atoms with Crippen LogP contribution in [0.4, 0.5) is 11.4 Å². The smallest absolute Gasteiger partial charge is 0.251 e. The molecule has 5 rings (SSSR count). The Morgan fingerprint density at radius 2 is 1.40 bits per heavy atom. The second-order valence-corrected chi connectivity index (χ2v) is 9.31. The maximum absolute atomic E-state index is 14.7. The molecule has 1 atom stereocenters. The third-order valence-electron chi connectivity index (χ3n) is 7.06. The van der Waals surface area contributed by atoms with E-state index in [1.54, 1.807) is 43.9 Å². The van der Waals surface area contributed by atoms with Gasteiger partial charge in [0.05, 0.1) is 5.69 Å². The van der Waals surface area contributed by atoms with Crippen molar-refractivity contribution in [3.05, 3.63) is 112 Å². The largest absolute Gasteiger partial charge is 0.508 e. The molecule has 0 aromatic heterocycles. The number of fused-ring (bicyclic) bond motifs is 1. The van der Waals surface area contributed by atoms with Crippen LogP contribution >= 0.6 is 0 Å². The predicted octanol–water partition coefficient (Wildman–Crippen LogP) is 6.05. The molecule has 1 amide bonds. The number of anilines is 2. The second kappa shape index (κ2) is 7.91. The monoisotopic (exact) mass is 465 g/mol. The molecule has 0 radical (unpaired) electrons. The quantitative estimate of drug-likeness (QED) is 0.344. The fourth-order valence-corrected chi connectivity index (χ4v) is 5.26. The lowest BCUT2D eigenvalue weighted by atomic mass is 9.68. The minimum atomic E-state index is -1.40. The summed E-state index contributed by atoms with van der Waals surface area (Å²) in [5.74, 6) is -0.255. The summed E-state index contributed by atoms with van der Waals surface area (Å²) in [7, 11) is 0. The summed E-state index contributed by atoms with van der Waals surface area (Å²) in [6.45, 7) is 7.19. The van der Waals surface area contributed by atoms with Gasteiger partial charge in [-0.25, -0.2) is 0 Å². The van der Waals surface area contributed by atoms with Crippen LogP contribution in [0, 0.1) is 27.7 Å². The highest BCUT2D eigenvalue weighted by Gasteiger charge is 2.55. The number of phenols is 3. The molecule has 4 aromatic carbocycles. The van der Waals surface area contributed by atoms with Gasteiger partial charge >= 0.3 is 0 Å². The summed E-state index contributed by atoms with van der Waals surface area (Å²) in [5.41, 5.74) is 4.37. The van der Waals surface area contributed by atoms with Crippen LogP contribution < -0.4 is 4.90 Å². The Labute approximate surface area is 204 Å². The fraction of sp³-hybridized carbons (Fsp3) is 0.167. The molecular formula is C30H27NO4. The summed E-state index contributed by atoms with van der Waals surface area (Å²) in [5, 5.41) is 32.1. The number of amides is 1. The van der Waals surface area contributed by atoms with Crippen molar-refractivity contribution in [2.45, 2.75) is 33.1 Å². The Hall–Kier alpha value is -4.25. The van der Waals surface area contributed by atoms with Crippen molar-refractivity contribution in [2.75, 3.05) is 4.90 Å². The first-order valence-corrected chi connectivity index (χ1v) is 11.5. The zero-order chi connectivity index (χ0) is 25.1. The Morgan fingerprint density at radius 1 is 0.714 bits per heavy atom. The van der Waals surface area contributed by atoms with Gasteiger partial charge in [-0.15, -0.1) is 0 Å². The van der Waals surface area contributed by atoms with E-state index in [-0.39, 0.29) is 23.2 Å². The molecule has 1 heterocycles. The van der Waals surface area contributed by atoms with Crippen LogP contribution in [0.3, 0.4) is 0 Å². The summed E-state index contributed by atoms with van der Waals surface area (Å²) in [6, 6.07) is 22.1. The number of carbonyl (C=O) groups is 1. The normalized spacial score (nSPS) is 17.0. The van der Waals surface area contributed by atoms with E-state index in [0.29, 0.717) is 27.8 Å². The maximum Gasteiger partial charge on any atom is 0.251 e. The topological polar surface area (TPSA) is 81.0 Å². The van der Waals surface area contributed by atoms with Crippen molar-refractivity contribution < 1.29 is 20.1 Å². The fourth-order valence-electron chi connectivity index (χ4n) is 5.26. The van der Waals surface area contributed by atoms with Crippen LogP contribution in [-0.4, -0.2) is 21.2 Å². The lowest BCUT2D eigenvalue weighted by Crippen LogP contribution is -2.40. The van der Waals surface area contributed by atoms with Gasteiger partial charge in [0, 0.05) is 22.4 Å². The van der Waals surface area contributed by atoms with Crippen molar-refractivity contribution >= 4 is 17.3 Å². The molecule has 4 aromatic rings. The van der Waals surface area contributed by atoms with Gasteiger partial charge in [-0.2, -0.15) is 0 Å². The van der Waals surface area contributed by atoms with Crippen molar-refractivity contribution in [1.29, 1.82) is 0 Å². The average Bonchev–Trinajstić information content (AvgIpc) is 3.09.